The van der Waals surface area contributed by atoms with Gasteiger partial charge < -0.3 is 9.72 Å². The van der Waals surface area contributed by atoms with Gasteiger partial charge in [0.25, 0.3) is 0 Å². The quantitative estimate of drug-likeness (QED) is 0.737. The Labute approximate surface area is 116 Å². The van der Waals surface area contributed by atoms with E-state index in [9.17, 15) is 4.79 Å². The van der Waals surface area contributed by atoms with Gasteiger partial charge in [0.05, 0.1) is 11.0 Å². The highest BCUT2D eigenvalue weighted by molar-refractivity contribution is 5.84. The number of carbonyl (C=O) groups is 1. The molecule has 1 N–H and O–H groups in total. The highest BCUT2D eigenvalue weighted by atomic mass is 16.5. The predicted octanol–water partition coefficient (Wildman–Crippen LogP) is 3.26. The van der Waals surface area contributed by atoms with Crippen LogP contribution < -0.4 is 4.74 Å². The first-order chi connectivity index (χ1) is 9.74. The van der Waals surface area contributed by atoms with Gasteiger partial charge in [-0.2, -0.15) is 0 Å². The first kappa shape index (κ1) is 12.4. The van der Waals surface area contributed by atoms with E-state index < -0.39 is 0 Å². The van der Waals surface area contributed by atoms with Crippen LogP contribution in [-0.2, 0) is 6.61 Å². The van der Waals surface area contributed by atoms with Gasteiger partial charge in [-0.3, -0.25) is 4.79 Å². The molecular weight excluding hydrogens is 252 g/mol. The number of aldehydes is 1. The van der Waals surface area contributed by atoms with Gasteiger partial charge in [-0.25, -0.2) is 4.98 Å². The molecule has 1 aromatic heterocycles. The molecule has 0 saturated carbocycles. The lowest BCUT2D eigenvalue weighted by Gasteiger charge is -2.03. The van der Waals surface area contributed by atoms with Crippen LogP contribution in [0.2, 0.25) is 0 Å². The molecule has 0 aliphatic rings. The first-order valence-corrected chi connectivity index (χ1v) is 6.38. The Morgan fingerprint density at radius 1 is 1.20 bits per heavy atom. The molecule has 0 aliphatic carbocycles. The van der Waals surface area contributed by atoms with Gasteiger partial charge in [0.1, 0.15) is 24.5 Å². The Morgan fingerprint density at radius 3 is 2.75 bits per heavy atom. The third-order valence-corrected chi connectivity index (χ3v) is 3.09. The van der Waals surface area contributed by atoms with E-state index >= 15 is 0 Å². The van der Waals surface area contributed by atoms with Crippen molar-refractivity contribution in [3.63, 3.8) is 0 Å². The summed E-state index contributed by atoms with van der Waals surface area (Å²) < 4.78 is 5.67. The molecule has 3 aromatic rings. The van der Waals surface area contributed by atoms with Crippen LogP contribution in [0.1, 0.15) is 21.7 Å². The summed E-state index contributed by atoms with van der Waals surface area (Å²) in [6.45, 7) is 2.40. The lowest BCUT2D eigenvalue weighted by Crippen LogP contribution is -1.97. The maximum atomic E-state index is 10.7. The van der Waals surface area contributed by atoms with Crippen molar-refractivity contribution in [1.82, 2.24) is 9.97 Å². The Balaban J connectivity index is 1.77. The molecule has 0 unspecified atom stereocenters. The Hall–Kier alpha value is -2.62. The highest BCUT2D eigenvalue weighted by Gasteiger charge is 2.04. The van der Waals surface area contributed by atoms with Crippen LogP contribution in [0.15, 0.2) is 42.5 Å². The summed E-state index contributed by atoms with van der Waals surface area (Å²) in [7, 11) is 0. The van der Waals surface area contributed by atoms with Gasteiger partial charge in [-0.1, -0.05) is 17.7 Å². The smallest absolute Gasteiger partial charge is 0.150 e. The zero-order chi connectivity index (χ0) is 13.9. The summed E-state index contributed by atoms with van der Waals surface area (Å²) in [5.74, 6) is 1.55. The van der Waals surface area contributed by atoms with Crippen molar-refractivity contribution in [2.75, 3.05) is 0 Å². The standard InChI is InChI=1S/C16H14N2O2/c1-11-2-5-13(6-3-11)20-10-16-17-14-7-4-12(9-19)8-15(14)18-16/h2-9H,10H2,1H3,(H,17,18). The highest BCUT2D eigenvalue weighted by Crippen LogP contribution is 2.16. The van der Waals surface area contributed by atoms with Crippen molar-refractivity contribution >= 4 is 17.3 Å². The number of benzene rings is 2. The summed E-state index contributed by atoms with van der Waals surface area (Å²) in [5.41, 5.74) is 3.50. The molecule has 0 bridgehead atoms. The molecule has 0 saturated heterocycles. The molecule has 4 heteroatoms. The van der Waals surface area contributed by atoms with Gasteiger partial charge in [0.15, 0.2) is 0 Å². The molecule has 0 fully saturated rings. The third kappa shape index (κ3) is 2.54. The maximum Gasteiger partial charge on any atom is 0.150 e. The second-order valence-corrected chi connectivity index (χ2v) is 4.68. The van der Waals surface area contributed by atoms with Crippen molar-refractivity contribution in [2.24, 2.45) is 0 Å². The van der Waals surface area contributed by atoms with E-state index in [4.69, 9.17) is 4.74 Å². The average Bonchev–Trinajstić information content (AvgIpc) is 2.88. The van der Waals surface area contributed by atoms with Crippen molar-refractivity contribution in [3.8, 4) is 5.75 Å². The van der Waals surface area contributed by atoms with Gasteiger partial charge in [0, 0.05) is 5.56 Å². The Kier molecular flexibility index (Phi) is 3.21. The van der Waals surface area contributed by atoms with E-state index in [-0.39, 0.29) is 0 Å². The van der Waals surface area contributed by atoms with Crippen molar-refractivity contribution < 1.29 is 9.53 Å². The number of fused-ring (bicyclic) bond motifs is 1. The fourth-order valence-corrected chi connectivity index (χ4v) is 2.01. The molecule has 0 atom stereocenters. The SMILES string of the molecule is Cc1ccc(OCc2nc3ccc(C=O)cc3[nH]2)cc1. The topological polar surface area (TPSA) is 55.0 Å². The van der Waals surface area contributed by atoms with Crippen molar-refractivity contribution in [1.29, 1.82) is 0 Å². The molecular formula is C16H14N2O2. The van der Waals surface area contributed by atoms with Gasteiger partial charge in [0.2, 0.25) is 0 Å². The van der Waals surface area contributed by atoms with E-state index in [0.717, 1.165) is 28.9 Å². The number of imidazole rings is 1. The third-order valence-electron chi connectivity index (χ3n) is 3.09. The van der Waals surface area contributed by atoms with Crippen LogP contribution in [-0.4, -0.2) is 16.3 Å². The number of carbonyl (C=O) groups excluding carboxylic acids is 1. The zero-order valence-electron chi connectivity index (χ0n) is 11.1. The van der Waals surface area contributed by atoms with E-state index in [1.54, 1.807) is 12.1 Å². The van der Waals surface area contributed by atoms with Crippen LogP contribution in [0.4, 0.5) is 0 Å². The molecule has 0 spiro atoms. The fourth-order valence-electron chi connectivity index (χ4n) is 2.01. The van der Waals surface area contributed by atoms with Crippen LogP contribution in [0, 0.1) is 6.92 Å². The minimum absolute atomic E-state index is 0.369. The number of nitrogens with one attached hydrogen (secondary N) is 1. The van der Waals surface area contributed by atoms with E-state index in [1.165, 1.54) is 5.56 Å². The van der Waals surface area contributed by atoms with Crippen LogP contribution >= 0.6 is 0 Å². The lowest BCUT2D eigenvalue weighted by atomic mass is 10.2. The number of H-pyrrole nitrogens is 1. The Morgan fingerprint density at radius 2 is 2.00 bits per heavy atom. The van der Waals surface area contributed by atoms with E-state index in [2.05, 4.69) is 9.97 Å². The van der Waals surface area contributed by atoms with Crippen LogP contribution in [0.25, 0.3) is 11.0 Å². The number of aromatic nitrogens is 2. The summed E-state index contributed by atoms with van der Waals surface area (Å²) in [5, 5.41) is 0. The number of aromatic amines is 1. The van der Waals surface area contributed by atoms with Gasteiger partial charge >= 0.3 is 0 Å². The maximum absolute atomic E-state index is 10.7. The van der Waals surface area contributed by atoms with Crippen molar-refractivity contribution in [2.45, 2.75) is 13.5 Å². The van der Waals surface area contributed by atoms with Crippen LogP contribution in [0.5, 0.6) is 5.75 Å². The molecule has 3 rings (SSSR count). The number of ether oxygens (including phenoxy) is 1. The van der Waals surface area contributed by atoms with E-state index in [1.807, 2.05) is 37.3 Å². The summed E-state index contributed by atoms with van der Waals surface area (Å²) in [6.07, 6.45) is 0.822. The second kappa shape index (κ2) is 5.17. The largest absolute Gasteiger partial charge is 0.486 e. The molecule has 0 radical (unpaired) electrons. The fraction of sp³-hybridized carbons (Fsp3) is 0.125. The van der Waals surface area contributed by atoms with Gasteiger partial charge in [-0.05, 0) is 37.3 Å². The van der Waals surface area contributed by atoms with Crippen molar-refractivity contribution in [3.05, 3.63) is 59.4 Å². The minimum Gasteiger partial charge on any atom is -0.486 e. The number of hydrogen-bond acceptors (Lipinski definition) is 3. The normalized spacial score (nSPS) is 10.7. The van der Waals surface area contributed by atoms with Gasteiger partial charge in [-0.15, -0.1) is 0 Å². The number of aryl methyl sites for hydroxylation is 1. The first-order valence-electron chi connectivity index (χ1n) is 6.38. The molecule has 4 nitrogen and oxygen atoms in total. The minimum atomic E-state index is 0.369. The summed E-state index contributed by atoms with van der Waals surface area (Å²) in [4.78, 5) is 18.3. The van der Waals surface area contributed by atoms with E-state index in [0.29, 0.717) is 12.2 Å². The summed E-state index contributed by atoms with van der Waals surface area (Å²) >= 11 is 0. The monoisotopic (exact) mass is 266 g/mol. The number of nitrogens with zero attached hydrogens (tertiary/aromatic N) is 1. The molecule has 2 aromatic carbocycles. The molecule has 0 amide bonds. The molecule has 1 heterocycles. The second-order valence-electron chi connectivity index (χ2n) is 4.68. The molecule has 20 heavy (non-hydrogen) atoms. The molecule has 100 valence electrons. The van der Waals surface area contributed by atoms with Crippen LogP contribution in [0.3, 0.4) is 0 Å². The average molecular weight is 266 g/mol. The lowest BCUT2D eigenvalue weighted by molar-refractivity contribution is 0.112. The summed E-state index contributed by atoms with van der Waals surface area (Å²) in [6, 6.07) is 13.2. The predicted molar refractivity (Wildman–Crippen MR) is 77.0 cm³/mol. The molecule has 0 aliphatic heterocycles. The number of rotatable bonds is 4. The number of hydrogen-bond donors (Lipinski definition) is 1. The zero-order valence-corrected chi connectivity index (χ0v) is 11.1. The Bertz CT molecular complexity index is 745.